The molecule has 1 amide bonds. The summed E-state index contributed by atoms with van der Waals surface area (Å²) < 4.78 is 0. The maximum atomic E-state index is 11.8. The van der Waals surface area contributed by atoms with Crippen molar-refractivity contribution >= 4 is 29.3 Å². The fourth-order valence-corrected chi connectivity index (χ4v) is 2.79. The van der Waals surface area contributed by atoms with Crippen LogP contribution in [0.5, 0.6) is 0 Å². The molecular formula is C20H33N5OS. The van der Waals surface area contributed by atoms with Gasteiger partial charge in [0.15, 0.2) is 5.96 Å². The van der Waals surface area contributed by atoms with Gasteiger partial charge >= 0.3 is 0 Å². The minimum absolute atomic E-state index is 0.0130. The van der Waals surface area contributed by atoms with E-state index in [4.69, 9.17) is 0 Å². The number of amides is 1. The van der Waals surface area contributed by atoms with Crippen molar-refractivity contribution in [2.24, 2.45) is 4.99 Å². The predicted octanol–water partition coefficient (Wildman–Crippen LogP) is 2.06. The highest BCUT2D eigenvalue weighted by molar-refractivity contribution is 7.99. The third kappa shape index (κ3) is 10.6. The molecule has 0 saturated heterocycles. The SMILES string of the molecule is C=CCSCCNC(=NCC(=O)N(C)C)NCCCN(C)c1ccccc1. The Morgan fingerprint density at radius 2 is 1.89 bits per heavy atom. The third-order valence-corrected chi connectivity index (χ3v) is 4.77. The molecule has 150 valence electrons. The maximum absolute atomic E-state index is 11.8. The zero-order chi connectivity index (χ0) is 19.9. The van der Waals surface area contributed by atoms with Crippen molar-refractivity contribution in [1.82, 2.24) is 15.5 Å². The first kappa shape index (κ1) is 22.9. The lowest BCUT2D eigenvalue weighted by Gasteiger charge is -2.20. The summed E-state index contributed by atoms with van der Waals surface area (Å²) in [6, 6.07) is 10.3. The van der Waals surface area contributed by atoms with E-state index >= 15 is 0 Å². The highest BCUT2D eigenvalue weighted by Crippen LogP contribution is 2.10. The number of hydrogen-bond donors (Lipinski definition) is 2. The monoisotopic (exact) mass is 391 g/mol. The zero-order valence-electron chi connectivity index (χ0n) is 16.8. The number of aliphatic imine (C=N–C) groups is 1. The average Bonchev–Trinajstić information content (AvgIpc) is 2.68. The van der Waals surface area contributed by atoms with E-state index in [2.05, 4.69) is 46.3 Å². The van der Waals surface area contributed by atoms with E-state index in [-0.39, 0.29) is 12.5 Å². The standard InChI is InChI=1S/C20H33N5OS/c1-5-15-27-16-13-22-20(23-17-19(26)24(2)3)21-12-9-14-25(4)18-10-7-6-8-11-18/h5-8,10-11H,1,9,12-17H2,2-4H3,(H2,21,22,23). The molecule has 0 aliphatic rings. The minimum atomic E-state index is -0.0130. The number of hydrogen-bond acceptors (Lipinski definition) is 4. The van der Waals surface area contributed by atoms with E-state index in [9.17, 15) is 4.79 Å². The molecule has 0 aliphatic heterocycles. The number of carbonyl (C=O) groups excluding carboxylic acids is 1. The van der Waals surface area contributed by atoms with Gasteiger partial charge in [-0.2, -0.15) is 11.8 Å². The van der Waals surface area contributed by atoms with Crippen molar-refractivity contribution in [1.29, 1.82) is 0 Å². The molecule has 0 saturated carbocycles. The number of nitrogens with zero attached hydrogens (tertiary/aromatic N) is 3. The second-order valence-electron chi connectivity index (χ2n) is 6.28. The zero-order valence-corrected chi connectivity index (χ0v) is 17.6. The number of benzene rings is 1. The van der Waals surface area contributed by atoms with E-state index < -0.39 is 0 Å². The molecule has 0 fully saturated rings. The number of guanidine groups is 1. The molecule has 7 heteroatoms. The van der Waals surface area contributed by atoms with Crippen LogP contribution in [-0.2, 0) is 4.79 Å². The summed E-state index contributed by atoms with van der Waals surface area (Å²) in [5.74, 6) is 2.57. The van der Waals surface area contributed by atoms with Gasteiger partial charge in [0.25, 0.3) is 0 Å². The lowest BCUT2D eigenvalue weighted by atomic mass is 10.3. The van der Waals surface area contributed by atoms with E-state index in [0.29, 0.717) is 5.96 Å². The minimum Gasteiger partial charge on any atom is -0.375 e. The molecule has 0 spiro atoms. The Labute approximate surface area is 168 Å². The van der Waals surface area contributed by atoms with Gasteiger partial charge in [0, 0.05) is 58.0 Å². The molecule has 0 unspecified atom stereocenters. The number of para-hydroxylation sites is 1. The molecule has 0 heterocycles. The number of likely N-dealkylation sites (N-methyl/N-ethyl adjacent to an activating group) is 1. The molecule has 0 bridgehead atoms. The normalized spacial score (nSPS) is 11.0. The van der Waals surface area contributed by atoms with Crippen LogP contribution in [0.4, 0.5) is 5.69 Å². The number of anilines is 1. The molecule has 0 radical (unpaired) electrons. The van der Waals surface area contributed by atoms with E-state index in [1.165, 1.54) is 5.69 Å². The van der Waals surface area contributed by atoms with Gasteiger partial charge in [-0.05, 0) is 18.6 Å². The number of carbonyl (C=O) groups is 1. The molecule has 0 aliphatic carbocycles. The lowest BCUT2D eigenvalue weighted by molar-refractivity contribution is -0.127. The summed E-state index contributed by atoms with van der Waals surface area (Å²) in [4.78, 5) is 20.0. The molecule has 1 aromatic rings. The second kappa shape index (κ2) is 14.0. The van der Waals surface area contributed by atoms with Crippen molar-refractivity contribution in [3.8, 4) is 0 Å². The third-order valence-electron chi connectivity index (χ3n) is 3.81. The average molecular weight is 392 g/mol. The Morgan fingerprint density at radius 1 is 1.19 bits per heavy atom. The van der Waals surface area contributed by atoms with Gasteiger partial charge in [0.1, 0.15) is 6.54 Å². The molecule has 6 nitrogen and oxygen atoms in total. The molecule has 1 aromatic carbocycles. The van der Waals surface area contributed by atoms with Gasteiger partial charge in [-0.15, -0.1) is 6.58 Å². The van der Waals surface area contributed by atoms with Crippen LogP contribution in [0.3, 0.4) is 0 Å². The highest BCUT2D eigenvalue weighted by Gasteiger charge is 2.05. The van der Waals surface area contributed by atoms with Crippen molar-refractivity contribution in [2.45, 2.75) is 6.42 Å². The van der Waals surface area contributed by atoms with Gasteiger partial charge in [0.05, 0.1) is 0 Å². The van der Waals surface area contributed by atoms with Crippen molar-refractivity contribution in [3.63, 3.8) is 0 Å². The van der Waals surface area contributed by atoms with Crippen molar-refractivity contribution < 1.29 is 4.79 Å². The fourth-order valence-electron chi connectivity index (χ4n) is 2.21. The van der Waals surface area contributed by atoms with Gasteiger partial charge in [0.2, 0.25) is 5.91 Å². The first-order valence-corrected chi connectivity index (χ1v) is 10.4. The van der Waals surface area contributed by atoms with Crippen LogP contribution in [0.15, 0.2) is 48.0 Å². The maximum Gasteiger partial charge on any atom is 0.243 e. The lowest BCUT2D eigenvalue weighted by Crippen LogP contribution is -2.40. The van der Waals surface area contributed by atoms with Crippen LogP contribution in [-0.4, -0.2) is 75.6 Å². The smallest absolute Gasteiger partial charge is 0.243 e. The first-order valence-electron chi connectivity index (χ1n) is 9.21. The molecule has 27 heavy (non-hydrogen) atoms. The summed E-state index contributed by atoms with van der Waals surface area (Å²) in [6.45, 7) is 6.39. The quantitative estimate of drug-likeness (QED) is 0.247. The number of nitrogens with one attached hydrogen (secondary N) is 2. The number of thioether (sulfide) groups is 1. The van der Waals surface area contributed by atoms with Crippen LogP contribution in [0.1, 0.15) is 6.42 Å². The summed E-state index contributed by atoms with van der Waals surface area (Å²) in [7, 11) is 5.57. The molecular weight excluding hydrogens is 358 g/mol. The van der Waals surface area contributed by atoms with E-state index in [1.807, 2.05) is 36.0 Å². The van der Waals surface area contributed by atoms with Crippen LogP contribution in [0.2, 0.25) is 0 Å². The Morgan fingerprint density at radius 3 is 2.56 bits per heavy atom. The van der Waals surface area contributed by atoms with Gasteiger partial charge in [-0.1, -0.05) is 24.3 Å². The van der Waals surface area contributed by atoms with Crippen LogP contribution >= 0.6 is 11.8 Å². The summed E-state index contributed by atoms with van der Waals surface area (Å²) in [5.41, 5.74) is 1.21. The Bertz CT molecular complexity index is 577. The summed E-state index contributed by atoms with van der Waals surface area (Å²) >= 11 is 1.81. The Kier molecular flexibility index (Phi) is 11.8. The predicted molar refractivity (Wildman–Crippen MR) is 119 cm³/mol. The molecule has 1 rings (SSSR count). The van der Waals surface area contributed by atoms with Crippen molar-refractivity contribution in [2.75, 3.05) is 63.7 Å². The van der Waals surface area contributed by atoms with Gasteiger partial charge in [-0.25, -0.2) is 4.99 Å². The fraction of sp³-hybridized carbons (Fsp3) is 0.500. The number of rotatable bonds is 12. The highest BCUT2D eigenvalue weighted by atomic mass is 32.2. The van der Waals surface area contributed by atoms with Gasteiger partial charge < -0.3 is 20.4 Å². The van der Waals surface area contributed by atoms with E-state index in [1.54, 1.807) is 19.0 Å². The molecule has 2 N–H and O–H groups in total. The Hall–Kier alpha value is -2.15. The van der Waals surface area contributed by atoms with Crippen LogP contribution in [0, 0.1) is 0 Å². The van der Waals surface area contributed by atoms with Crippen molar-refractivity contribution in [3.05, 3.63) is 43.0 Å². The van der Waals surface area contributed by atoms with Crippen LogP contribution in [0.25, 0.3) is 0 Å². The van der Waals surface area contributed by atoms with Crippen LogP contribution < -0.4 is 15.5 Å². The molecule has 0 aromatic heterocycles. The van der Waals surface area contributed by atoms with Gasteiger partial charge in [-0.3, -0.25) is 4.79 Å². The molecule has 0 atom stereocenters. The summed E-state index contributed by atoms with van der Waals surface area (Å²) in [6.07, 6.45) is 2.87. The largest absolute Gasteiger partial charge is 0.375 e. The second-order valence-corrected chi connectivity index (χ2v) is 7.43. The topological polar surface area (TPSA) is 60.0 Å². The Balaban J connectivity index is 2.41. The first-order chi connectivity index (χ1) is 13.0. The van der Waals surface area contributed by atoms with E-state index in [0.717, 1.165) is 37.6 Å². The summed E-state index contributed by atoms with van der Waals surface area (Å²) in [5, 5.41) is 6.62.